The normalized spacial score (nSPS) is 10.1. The van der Waals surface area contributed by atoms with Gasteiger partial charge in [0.15, 0.2) is 10.7 Å². The molecule has 0 aliphatic heterocycles. The van der Waals surface area contributed by atoms with Crippen molar-refractivity contribution in [3.8, 4) is 0 Å². The lowest BCUT2D eigenvalue weighted by Gasteiger charge is -2.19. The first-order valence-electron chi connectivity index (χ1n) is 5.18. The van der Waals surface area contributed by atoms with Crippen molar-refractivity contribution in [3.63, 3.8) is 0 Å². The van der Waals surface area contributed by atoms with Gasteiger partial charge in [0, 0.05) is 25.6 Å². The number of hydrogen-bond acceptors (Lipinski definition) is 5. The fourth-order valence-corrected chi connectivity index (χ4v) is 2.00. The van der Waals surface area contributed by atoms with E-state index in [1.54, 1.807) is 13.2 Å². The highest BCUT2D eigenvalue weighted by molar-refractivity contribution is 7.11. The van der Waals surface area contributed by atoms with Gasteiger partial charge in [0.2, 0.25) is 0 Å². The van der Waals surface area contributed by atoms with Crippen LogP contribution in [0, 0.1) is 0 Å². The highest BCUT2D eigenvalue weighted by Crippen LogP contribution is 2.12. The van der Waals surface area contributed by atoms with E-state index < -0.39 is 5.97 Å². The minimum Gasteiger partial charge on any atom is -0.476 e. The Kier molecular flexibility index (Phi) is 5.47. The first-order valence-corrected chi connectivity index (χ1v) is 6.06. The predicted octanol–water partition coefficient (Wildman–Crippen LogP) is 1.12. The third-order valence-corrected chi connectivity index (χ3v) is 2.94. The average Bonchev–Trinajstić information content (AvgIpc) is 2.83. The second kappa shape index (κ2) is 6.87. The lowest BCUT2D eigenvalue weighted by molar-refractivity contribution is 0.0690. The van der Waals surface area contributed by atoms with Gasteiger partial charge in [-0.25, -0.2) is 9.78 Å². The number of thiazole rings is 1. The van der Waals surface area contributed by atoms with Crippen LogP contribution >= 0.6 is 11.3 Å². The van der Waals surface area contributed by atoms with Gasteiger partial charge in [0.05, 0.1) is 6.61 Å². The summed E-state index contributed by atoms with van der Waals surface area (Å²) in [6.07, 6.45) is 1.60. The second-order valence-electron chi connectivity index (χ2n) is 3.38. The SMILES string of the molecule is C=CCN(CCOC)C(=O)c1nc(C(=O)O)cs1. The Bertz CT molecular complexity index is 444. The van der Waals surface area contributed by atoms with E-state index in [9.17, 15) is 9.59 Å². The van der Waals surface area contributed by atoms with Gasteiger partial charge in [-0.05, 0) is 0 Å². The van der Waals surface area contributed by atoms with Gasteiger partial charge in [-0.2, -0.15) is 0 Å². The van der Waals surface area contributed by atoms with Crippen molar-refractivity contribution in [1.29, 1.82) is 0 Å². The molecule has 0 spiro atoms. The highest BCUT2D eigenvalue weighted by atomic mass is 32.1. The second-order valence-corrected chi connectivity index (χ2v) is 4.23. The van der Waals surface area contributed by atoms with Crippen LogP contribution in [0.3, 0.4) is 0 Å². The van der Waals surface area contributed by atoms with Gasteiger partial charge in [-0.15, -0.1) is 17.9 Å². The molecule has 0 saturated carbocycles. The van der Waals surface area contributed by atoms with Crippen LogP contribution in [0.4, 0.5) is 0 Å². The van der Waals surface area contributed by atoms with Crippen LogP contribution in [0.5, 0.6) is 0 Å². The fraction of sp³-hybridized carbons (Fsp3) is 0.364. The van der Waals surface area contributed by atoms with E-state index in [0.29, 0.717) is 19.7 Å². The molecule has 1 amide bonds. The average molecular weight is 270 g/mol. The zero-order chi connectivity index (χ0) is 13.5. The molecule has 1 aromatic rings. The minimum absolute atomic E-state index is 0.117. The quantitative estimate of drug-likeness (QED) is 0.751. The minimum atomic E-state index is -1.14. The number of amides is 1. The van der Waals surface area contributed by atoms with Gasteiger partial charge < -0.3 is 14.7 Å². The zero-order valence-corrected chi connectivity index (χ0v) is 10.8. The maximum absolute atomic E-state index is 12.1. The Labute approximate surface area is 109 Å². The van der Waals surface area contributed by atoms with Gasteiger partial charge in [0.1, 0.15) is 0 Å². The van der Waals surface area contributed by atoms with Crippen LogP contribution in [0.2, 0.25) is 0 Å². The lowest BCUT2D eigenvalue weighted by atomic mass is 10.4. The largest absolute Gasteiger partial charge is 0.476 e. The molecule has 0 aliphatic carbocycles. The van der Waals surface area contributed by atoms with Crippen LogP contribution < -0.4 is 0 Å². The summed E-state index contributed by atoms with van der Waals surface area (Å²) in [6, 6.07) is 0. The third kappa shape index (κ3) is 3.64. The maximum atomic E-state index is 12.1. The smallest absolute Gasteiger partial charge is 0.355 e. The molecule has 0 aliphatic rings. The number of hydrogen-bond donors (Lipinski definition) is 1. The van der Waals surface area contributed by atoms with Gasteiger partial charge >= 0.3 is 5.97 Å². The number of ether oxygens (including phenoxy) is 1. The molecule has 0 bridgehead atoms. The van der Waals surface area contributed by atoms with Crippen LogP contribution in [0.15, 0.2) is 18.0 Å². The Morgan fingerprint density at radius 2 is 2.39 bits per heavy atom. The Morgan fingerprint density at radius 1 is 1.67 bits per heavy atom. The van der Waals surface area contributed by atoms with Crippen LogP contribution in [0.25, 0.3) is 0 Å². The van der Waals surface area contributed by atoms with E-state index in [2.05, 4.69) is 11.6 Å². The highest BCUT2D eigenvalue weighted by Gasteiger charge is 2.19. The van der Waals surface area contributed by atoms with Crippen molar-refractivity contribution in [3.05, 3.63) is 28.7 Å². The number of carboxylic acids is 1. The van der Waals surface area contributed by atoms with Crippen LogP contribution in [-0.2, 0) is 4.74 Å². The standard InChI is InChI=1S/C11H14N2O4S/c1-3-4-13(5-6-17-2)10(14)9-12-8(7-18-9)11(15)16/h3,7H,1,4-6H2,2H3,(H,15,16). The summed E-state index contributed by atoms with van der Waals surface area (Å²) in [5.74, 6) is -1.46. The summed E-state index contributed by atoms with van der Waals surface area (Å²) in [6.45, 7) is 4.74. The maximum Gasteiger partial charge on any atom is 0.355 e. The zero-order valence-electron chi connectivity index (χ0n) is 9.96. The van der Waals surface area contributed by atoms with Crippen molar-refractivity contribution >= 4 is 23.2 Å². The number of carbonyl (C=O) groups is 2. The number of nitrogens with zero attached hydrogens (tertiary/aromatic N) is 2. The van der Waals surface area contributed by atoms with Crippen LogP contribution in [-0.4, -0.2) is 53.7 Å². The molecule has 1 rings (SSSR count). The summed E-state index contributed by atoms with van der Waals surface area (Å²) < 4.78 is 4.91. The van der Waals surface area contributed by atoms with Gasteiger partial charge in [-0.3, -0.25) is 4.79 Å². The van der Waals surface area contributed by atoms with E-state index in [1.165, 1.54) is 10.3 Å². The molecule has 0 atom stereocenters. The predicted molar refractivity (Wildman–Crippen MR) is 67.0 cm³/mol. The molecule has 98 valence electrons. The molecule has 0 fully saturated rings. The molecule has 1 N–H and O–H groups in total. The number of rotatable bonds is 7. The van der Waals surface area contributed by atoms with Gasteiger partial charge in [-0.1, -0.05) is 6.08 Å². The molecular formula is C11H14N2O4S. The lowest BCUT2D eigenvalue weighted by Crippen LogP contribution is -2.34. The first kappa shape index (κ1) is 14.3. The molecular weight excluding hydrogens is 256 g/mol. The number of methoxy groups -OCH3 is 1. The van der Waals surface area contributed by atoms with Crippen molar-refractivity contribution < 1.29 is 19.4 Å². The molecule has 18 heavy (non-hydrogen) atoms. The molecule has 0 aromatic carbocycles. The summed E-state index contributed by atoms with van der Waals surface area (Å²) in [7, 11) is 1.54. The number of aromatic carboxylic acids is 1. The topological polar surface area (TPSA) is 79.7 Å². The van der Waals surface area contributed by atoms with E-state index >= 15 is 0 Å². The number of aromatic nitrogens is 1. The van der Waals surface area contributed by atoms with Crippen molar-refractivity contribution in [1.82, 2.24) is 9.88 Å². The monoisotopic (exact) mass is 270 g/mol. The Morgan fingerprint density at radius 3 is 2.89 bits per heavy atom. The molecule has 7 heteroatoms. The molecule has 1 aromatic heterocycles. The first-order chi connectivity index (χ1) is 8.60. The van der Waals surface area contributed by atoms with E-state index in [0.717, 1.165) is 11.3 Å². The van der Waals surface area contributed by atoms with E-state index in [4.69, 9.17) is 9.84 Å². The number of carbonyl (C=O) groups excluding carboxylic acids is 1. The summed E-state index contributed by atoms with van der Waals surface area (Å²) in [5, 5.41) is 10.2. The molecule has 0 unspecified atom stereocenters. The molecule has 1 heterocycles. The molecule has 6 nitrogen and oxygen atoms in total. The Balaban J connectivity index is 2.80. The Hall–Kier alpha value is -1.73. The van der Waals surface area contributed by atoms with Gasteiger partial charge in [0.25, 0.3) is 5.91 Å². The molecule has 0 radical (unpaired) electrons. The van der Waals surface area contributed by atoms with Crippen molar-refractivity contribution in [2.45, 2.75) is 0 Å². The van der Waals surface area contributed by atoms with Crippen LogP contribution in [0.1, 0.15) is 20.3 Å². The fourth-order valence-electron chi connectivity index (χ4n) is 1.24. The third-order valence-electron chi connectivity index (χ3n) is 2.11. The van der Waals surface area contributed by atoms with E-state index in [-0.39, 0.29) is 16.6 Å². The summed E-state index contributed by atoms with van der Waals surface area (Å²) >= 11 is 1.02. The molecule has 0 saturated heterocycles. The summed E-state index contributed by atoms with van der Waals surface area (Å²) in [4.78, 5) is 28.0. The number of carboxylic acid groups (broad SMARTS) is 1. The summed E-state index contributed by atoms with van der Waals surface area (Å²) in [5.41, 5.74) is -0.117. The van der Waals surface area contributed by atoms with E-state index in [1.807, 2.05) is 0 Å². The van der Waals surface area contributed by atoms with Crippen molar-refractivity contribution in [2.24, 2.45) is 0 Å². The van der Waals surface area contributed by atoms with Crippen molar-refractivity contribution in [2.75, 3.05) is 26.8 Å².